The van der Waals surface area contributed by atoms with Crippen LogP contribution in [0.4, 0.5) is 10.5 Å². The lowest BCUT2D eigenvalue weighted by molar-refractivity contribution is -0.123. The van der Waals surface area contributed by atoms with Gasteiger partial charge in [0, 0.05) is 5.69 Å². The Labute approximate surface area is 191 Å². The summed E-state index contributed by atoms with van der Waals surface area (Å²) in [6.45, 7) is 7.11. The molecule has 1 aromatic heterocycles. The van der Waals surface area contributed by atoms with E-state index in [9.17, 15) is 14.4 Å². The number of aromatic nitrogens is 1. The Morgan fingerprint density at radius 2 is 1.73 bits per heavy atom. The van der Waals surface area contributed by atoms with Gasteiger partial charge in [0.15, 0.2) is 6.61 Å². The number of hydrogen-bond donors (Lipinski definition) is 2. The second-order valence-corrected chi connectivity index (χ2v) is 7.44. The first kappa shape index (κ1) is 23.5. The molecule has 2 N–H and O–H groups in total. The Morgan fingerprint density at radius 3 is 2.39 bits per heavy atom. The third-order valence-corrected chi connectivity index (χ3v) is 5.09. The van der Waals surface area contributed by atoms with Crippen LogP contribution in [0.1, 0.15) is 38.5 Å². The second-order valence-electron chi connectivity index (χ2n) is 7.44. The Morgan fingerprint density at radius 1 is 1.00 bits per heavy atom. The van der Waals surface area contributed by atoms with E-state index in [1.54, 1.807) is 31.2 Å². The predicted octanol–water partition coefficient (Wildman–Crippen LogP) is 3.99. The molecule has 0 spiro atoms. The number of carbonyl (C=O) groups excluding carboxylic acids is 3. The smallest absolute Gasteiger partial charge is 0.338 e. The molecule has 33 heavy (non-hydrogen) atoms. The Hall–Kier alpha value is -4.14. The first-order chi connectivity index (χ1) is 15.7. The van der Waals surface area contributed by atoms with Crippen LogP contribution >= 0.6 is 0 Å². The molecule has 0 bridgehead atoms. The van der Waals surface area contributed by atoms with Crippen LogP contribution in [0, 0.1) is 27.7 Å². The minimum atomic E-state index is -0.745. The number of ether oxygens (including phenoxy) is 2. The average Bonchev–Trinajstić information content (AvgIpc) is 3.11. The molecular weight excluding hydrogens is 426 g/mol. The van der Waals surface area contributed by atoms with Gasteiger partial charge in [0.1, 0.15) is 18.1 Å². The van der Waals surface area contributed by atoms with E-state index in [0.717, 1.165) is 22.4 Å². The number of esters is 1. The number of nitrogens with zero attached hydrogens (tertiary/aromatic N) is 1. The number of nitrogens with one attached hydrogen (secondary N) is 2. The van der Waals surface area contributed by atoms with Crippen molar-refractivity contribution >= 4 is 23.6 Å². The van der Waals surface area contributed by atoms with Gasteiger partial charge >= 0.3 is 12.0 Å². The van der Waals surface area contributed by atoms with Gasteiger partial charge in [-0.05, 0) is 69.2 Å². The van der Waals surface area contributed by atoms with Crippen LogP contribution < -0.4 is 15.4 Å². The average molecular weight is 451 g/mol. The number of carbonyl (C=O) groups is 3. The molecule has 0 radical (unpaired) electrons. The van der Waals surface area contributed by atoms with Crippen molar-refractivity contribution in [2.75, 3.05) is 11.9 Å². The maximum atomic E-state index is 12.2. The minimum absolute atomic E-state index is 0.243. The zero-order chi connectivity index (χ0) is 24.0. The van der Waals surface area contributed by atoms with Gasteiger partial charge < -0.3 is 19.3 Å². The van der Waals surface area contributed by atoms with Crippen molar-refractivity contribution in [3.63, 3.8) is 0 Å². The van der Waals surface area contributed by atoms with E-state index in [-0.39, 0.29) is 12.2 Å². The van der Waals surface area contributed by atoms with Gasteiger partial charge in [0.2, 0.25) is 0 Å². The standard InChI is InChI=1S/C24H25N3O6/c1-14-6-5-7-21(15(14)2)25-24(30)26-22(28)13-32-23(29)18-8-10-19(11-9-18)31-12-20-16(3)27-33-17(20)4/h5-11H,12-13H2,1-4H3,(H2,25,26,28,30). The van der Waals surface area contributed by atoms with Gasteiger partial charge in [-0.1, -0.05) is 17.3 Å². The largest absolute Gasteiger partial charge is 0.489 e. The number of urea groups is 1. The lowest BCUT2D eigenvalue weighted by atomic mass is 10.1. The van der Waals surface area contributed by atoms with Gasteiger partial charge in [-0.3, -0.25) is 10.1 Å². The van der Waals surface area contributed by atoms with Gasteiger partial charge in [-0.15, -0.1) is 0 Å². The van der Waals surface area contributed by atoms with Gasteiger partial charge in [0.25, 0.3) is 5.91 Å². The maximum absolute atomic E-state index is 12.2. The molecule has 0 saturated carbocycles. The molecule has 0 aliphatic heterocycles. The fourth-order valence-electron chi connectivity index (χ4n) is 2.97. The van der Waals surface area contributed by atoms with Crippen LogP contribution in [0.15, 0.2) is 47.0 Å². The van der Waals surface area contributed by atoms with Crippen LogP contribution in [0.5, 0.6) is 5.75 Å². The van der Waals surface area contributed by atoms with Crippen LogP contribution in [-0.2, 0) is 16.1 Å². The molecule has 2 aromatic carbocycles. The first-order valence-electron chi connectivity index (χ1n) is 10.2. The highest BCUT2D eigenvalue weighted by atomic mass is 16.5. The van der Waals surface area contributed by atoms with Crippen molar-refractivity contribution in [1.29, 1.82) is 0 Å². The number of anilines is 1. The molecule has 1 heterocycles. The number of hydrogen-bond acceptors (Lipinski definition) is 7. The highest BCUT2D eigenvalue weighted by molar-refractivity contribution is 6.02. The summed E-state index contributed by atoms with van der Waals surface area (Å²) in [6, 6.07) is 11.0. The van der Waals surface area contributed by atoms with Crippen LogP contribution in [0.2, 0.25) is 0 Å². The van der Waals surface area contributed by atoms with E-state index in [1.165, 1.54) is 12.1 Å². The summed E-state index contributed by atoms with van der Waals surface area (Å²) in [5, 5.41) is 8.60. The van der Waals surface area contributed by atoms with Crippen molar-refractivity contribution in [2.24, 2.45) is 0 Å². The van der Waals surface area contributed by atoms with E-state index in [2.05, 4.69) is 15.8 Å². The molecule has 0 unspecified atom stereocenters. The van der Waals surface area contributed by atoms with Gasteiger partial charge in [-0.2, -0.15) is 0 Å². The van der Waals surface area contributed by atoms with Crippen LogP contribution in [0.25, 0.3) is 0 Å². The monoisotopic (exact) mass is 451 g/mol. The highest BCUT2D eigenvalue weighted by Crippen LogP contribution is 2.19. The molecular formula is C24H25N3O6. The lowest BCUT2D eigenvalue weighted by Crippen LogP contribution is -2.37. The molecule has 3 amide bonds. The normalized spacial score (nSPS) is 10.4. The number of rotatable bonds is 7. The van der Waals surface area contributed by atoms with Gasteiger partial charge in [-0.25, -0.2) is 9.59 Å². The predicted molar refractivity (Wildman–Crippen MR) is 120 cm³/mol. The number of aryl methyl sites for hydroxylation is 3. The van der Waals surface area contributed by atoms with Crippen molar-refractivity contribution in [3.05, 3.63) is 76.2 Å². The van der Waals surface area contributed by atoms with E-state index in [1.807, 2.05) is 26.8 Å². The first-order valence-corrected chi connectivity index (χ1v) is 10.2. The molecule has 0 fully saturated rings. The SMILES string of the molecule is Cc1cccc(NC(=O)NC(=O)COC(=O)c2ccc(OCc3c(C)noc3C)cc2)c1C. The Balaban J connectivity index is 1.45. The van der Waals surface area contributed by atoms with Crippen LogP contribution in [-0.4, -0.2) is 29.7 Å². The Kier molecular flexibility index (Phi) is 7.45. The van der Waals surface area contributed by atoms with E-state index in [0.29, 0.717) is 17.2 Å². The molecule has 0 atom stereocenters. The minimum Gasteiger partial charge on any atom is -0.489 e. The molecule has 3 rings (SSSR count). The maximum Gasteiger partial charge on any atom is 0.338 e. The topological polar surface area (TPSA) is 120 Å². The number of imide groups is 1. The summed E-state index contributed by atoms with van der Waals surface area (Å²) in [7, 11) is 0. The molecule has 9 heteroatoms. The zero-order valence-electron chi connectivity index (χ0n) is 18.9. The summed E-state index contributed by atoms with van der Waals surface area (Å²) >= 11 is 0. The molecule has 0 aliphatic rings. The van der Waals surface area contributed by atoms with Crippen molar-refractivity contribution < 1.29 is 28.4 Å². The third-order valence-electron chi connectivity index (χ3n) is 5.09. The molecule has 0 aliphatic carbocycles. The third kappa shape index (κ3) is 6.19. The zero-order valence-corrected chi connectivity index (χ0v) is 18.9. The second kappa shape index (κ2) is 10.4. The van der Waals surface area contributed by atoms with E-state index < -0.39 is 24.5 Å². The van der Waals surface area contributed by atoms with Crippen LogP contribution in [0.3, 0.4) is 0 Å². The summed E-state index contributed by atoms with van der Waals surface area (Å²) in [5.41, 5.74) is 4.36. The summed E-state index contributed by atoms with van der Waals surface area (Å²) in [6.07, 6.45) is 0. The number of amides is 3. The van der Waals surface area contributed by atoms with Gasteiger partial charge in [0.05, 0.1) is 16.8 Å². The van der Waals surface area contributed by atoms with E-state index in [4.69, 9.17) is 14.0 Å². The highest BCUT2D eigenvalue weighted by Gasteiger charge is 2.14. The quantitative estimate of drug-likeness (QED) is 0.521. The molecule has 172 valence electrons. The fraction of sp³-hybridized carbons (Fsp3) is 0.250. The summed E-state index contributed by atoms with van der Waals surface area (Å²) in [4.78, 5) is 36.2. The summed E-state index contributed by atoms with van der Waals surface area (Å²) in [5.74, 6) is -0.205. The molecule has 3 aromatic rings. The summed E-state index contributed by atoms with van der Waals surface area (Å²) < 4.78 is 15.8. The molecule has 0 saturated heterocycles. The van der Waals surface area contributed by atoms with Crippen molar-refractivity contribution in [3.8, 4) is 5.75 Å². The number of benzene rings is 2. The van der Waals surface area contributed by atoms with Crippen molar-refractivity contribution in [1.82, 2.24) is 10.5 Å². The molecule has 9 nitrogen and oxygen atoms in total. The lowest BCUT2D eigenvalue weighted by Gasteiger charge is -2.11. The Bertz CT molecular complexity index is 1150. The fourth-order valence-corrected chi connectivity index (χ4v) is 2.97. The van der Waals surface area contributed by atoms with E-state index >= 15 is 0 Å². The van der Waals surface area contributed by atoms with Crippen molar-refractivity contribution in [2.45, 2.75) is 34.3 Å².